The highest BCUT2D eigenvalue weighted by molar-refractivity contribution is 5.75. The number of aromatic nitrogens is 5. The molecule has 0 amide bonds. The number of nitrogens with zero attached hydrogens (tertiary/aromatic N) is 5. The van der Waals surface area contributed by atoms with Crippen LogP contribution in [0.2, 0.25) is 0 Å². The molecule has 1 N–H and O–H groups in total. The molecule has 146 valence electrons. The van der Waals surface area contributed by atoms with Gasteiger partial charge >= 0.3 is 0 Å². The number of fused-ring (bicyclic) bond motifs is 2. The first kappa shape index (κ1) is 18.4. The van der Waals surface area contributed by atoms with Crippen molar-refractivity contribution in [3.05, 3.63) is 57.9 Å². The van der Waals surface area contributed by atoms with Crippen molar-refractivity contribution in [1.82, 2.24) is 24.3 Å². The van der Waals surface area contributed by atoms with Crippen molar-refractivity contribution in [1.29, 1.82) is 0 Å². The molecule has 28 heavy (non-hydrogen) atoms. The monoisotopic (exact) mass is 387 g/mol. The highest BCUT2D eigenvalue weighted by atomic mass is 19.3. The van der Waals surface area contributed by atoms with Crippen LogP contribution in [-0.2, 0) is 18.6 Å². The average Bonchev–Trinajstić information content (AvgIpc) is 3.15. The van der Waals surface area contributed by atoms with E-state index in [0.717, 1.165) is 10.2 Å². The summed E-state index contributed by atoms with van der Waals surface area (Å²) >= 11 is 0. The van der Waals surface area contributed by atoms with E-state index in [1.807, 2.05) is 13.0 Å². The fourth-order valence-corrected chi connectivity index (χ4v) is 3.67. The Bertz CT molecular complexity index is 1160. The van der Waals surface area contributed by atoms with E-state index >= 15 is 0 Å². The molecule has 0 radical (unpaired) electrons. The molecule has 0 bridgehead atoms. The zero-order chi connectivity index (χ0) is 20.1. The van der Waals surface area contributed by atoms with Crippen LogP contribution < -0.4 is 5.56 Å². The second kappa shape index (κ2) is 6.59. The second-order valence-electron chi connectivity index (χ2n) is 6.91. The Morgan fingerprint density at radius 2 is 2.14 bits per heavy atom. The van der Waals surface area contributed by atoms with Gasteiger partial charge in [-0.1, -0.05) is 13.0 Å². The van der Waals surface area contributed by atoms with E-state index in [2.05, 4.69) is 15.0 Å². The number of pyridine rings is 1. The van der Waals surface area contributed by atoms with Gasteiger partial charge in [0.2, 0.25) is 0 Å². The molecule has 3 aromatic rings. The lowest BCUT2D eigenvalue weighted by molar-refractivity contribution is 0.0306. The zero-order valence-corrected chi connectivity index (χ0v) is 15.5. The van der Waals surface area contributed by atoms with Crippen molar-refractivity contribution in [2.24, 2.45) is 0 Å². The number of hydrogen-bond acceptors (Lipinski definition) is 5. The van der Waals surface area contributed by atoms with Gasteiger partial charge in [0.15, 0.2) is 11.5 Å². The molecule has 0 aliphatic heterocycles. The Labute approximate surface area is 159 Å². The smallest absolute Gasteiger partial charge is 0.278 e. The minimum atomic E-state index is -1.88. The van der Waals surface area contributed by atoms with Gasteiger partial charge in [-0.2, -0.15) is 8.78 Å². The van der Waals surface area contributed by atoms with Crippen LogP contribution in [0.25, 0.3) is 16.9 Å². The molecular weight excluding hydrogens is 368 g/mol. The molecule has 0 saturated carbocycles. The number of aryl methyl sites for hydroxylation is 2. The average molecular weight is 387 g/mol. The fraction of sp³-hybridized carbons (Fsp3) is 0.368. The third kappa shape index (κ3) is 2.82. The van der Waals surface area contributed by atoms with Gasteiger partial charge in [0.05, 0.1) is 12.2 Å². The summed E-state index contributed by atoms with van der Waals surface area (Å²) in [4.78, 5) is 25.8. The van der Waals surface area contributed by atoms with Crippen LogP contribution in [0.5, 0.6) is 0 Å². The Balaban J connectivity index is 2.00. The first-order valence-electron chi connectivity index (χ1n) is 9.03. The molecule has 0 fully saturated rings. The molecule has 9 heteroatoms. The van der Waals surface area contributed by atoms with Crippen LogP contribution in [-0.4, -0.2) is 29.4 Å². The molecule has 1 atom stereocenters. The molecule has 0 aromatic carbocycles. The van der Waals surface area contributed by atoms with Crippen molar-refractivity contribution in [3.8, 4) is 5.82 Å². The van der Waals surface area contributed by atoms with Gasteiger partial charge in [-0.05, 0) is 37.8 Å². The lowest BCUT2D eigenvalue weighted by Gasteiger charge is -2.21. The quantitative estimate of drug-likeness (QED) is 0.744. The maximum Gasteiger partial charge on any atom is 0.278 e. The number of aliphatic hydroxyl groups is 1. The lowest BCUT2D eigenvalue weighted by atomic mass is 9.98. The van der Waals surface area contributed by atoms with Crippen molar-refractivity contribution in [2.45, 2.75) is 45.3 Å². The third-order valence-electron chi connectivity index (χ3n) is 5.23. The summed E-state index contributed by atoms with van der Waals surface area (Å²) in [7, 11) is 0. The van der Waals surface area contributed by atoms with E-state index in [-0.39, 0.29) is 17.6 Å². The van der Waals surface area contributed by atoms with E-state index in [0.29, 0.717) is 42.7 Å². The molecule has 0 spiro atoms. The van der Waals surface area contributed by atoms with Crippen molar-refractivity contribution in [2.75, 3.05) is 0 Å². The van der Waals surface area contributed by atoms with Crippen LogP contribution in [0.15, 0.2) is 35.3 Å². The normalized spacial score (nSPS) is 18.5. The molecule has 0 saturated heterocycles. The van der Waals surface area contributed by atoms with E-state index < -0.39 is 17.2 Å². The summed E-state index contributed by atoms with van der Waals surface area (Å²) in [5.74, 6) is 0.780. The molecular formula is C19H19F2N5O2. The SMILES string of the molecule is CC[C@@]1(O)CCc2ccc(-n3c4nc(C)ncc4c(=O)n3CC=C(F)F)nc21. The molecule has 1 aliphatic carbocycles. The number of hydrogen-bond donors (Lipinski definition) is 1. The predicted molar refractivity (Wildman–Crippen MR) is 98.5 cm³/mol. The highest BCUT2D eigenvalue weighted by Gasteiger charge is 2.37. The number of allylic oxidation sites excluding steroid dienone is 1. The fourth-order valence-electron chi connectivity index (χ4n) is 3.67. The van der Waals surface area contributed by atoms with Gasteiger partial charge < -0.3 is 5.11 Å². The van der Waals surface area contributed by atoms with E-state index in [1.165, 1.54) is 10.9 Å². The highest BCUT2D eigenvalue weighted by Crippen LogP contribution is 2.38. The second-order valence-corrected chi connectivity index (χ2v) is 6.91. The van der Waals surface area contributed by atoms with Crippen LogP contribution in [0.4, 0.5) is 8.78 Å². The molecule has 4 rings (SSSR count). The van der Waals surface area contributed by atoms with Crippen molar-refractivity contribution < 1.29 is 13.9 Å². The lowest BCUT2D eigenvalue weighted by Crippen LogP contribution is -2.25. The van der Waals surface area contributed by atoms with Crippen LogP contribution >= 0.6 is 0 Å². The molecule has 0 unspecified atom stereocenters. The Morgan fingerprint density at radius 1 is 1.36 bits per heavy atom. The summed E-state index contributed by atoms with van der Waals surface area (Å²) in [6.07, 6.45) is 1.96. The van der Waals surface area contributed by atoms with Crippen molar-refractivity contribution in [3.63, 3.8) is 0 Å². The largest absolute Gasteiger partial charge is 0.384 e. The van der Waals surface area contributed by atoms with Crippen LogP contribution in [0.3, 0.4) is 0 Å². The van der Waals surface area contributed by atoms with E-state index in [9.17, 15) is 18.7 Å². The molecule has 1 aliphatic rings. The summed E-state index contributed by atoms with van der Waals surface area (Å²) in [6, 6.07) is 3.56. The first-order valence-corrected chi connectivity index (χ1v) is 9.03. The van der Waals surface area contributed by atoms with Crippen LogP contribution in [0.1, 0.15) is 36.8 Å². The zero-order valence-electron chi connectivity index (χ0n) is 15.5. The maximum atomic E-state index is 12.8. The molecule has 7 nitrogen and oxygen atoms in total. The summed E-state index contributed by atoms with van der Waals surface area (Å²) in [6.45, 7) is 3.22. The Hall–Kier alpha value is -2.94. The Kier molecular flexibility index (Phi) is 4.34. The van der Waals surface area contributed by atoms with E-state index in [4.69, 9.17) is 0 Å². The van der Waals surface area contributed by atoms with Gasteiger partial charge in [0, 0.05) is 12.3 Å². The summed E-state index contributed by atoms with van der Waals surface area (Å²) < 4.78 is 27.9. The van der Waals surface area contributed by atoms with E-state index in [1.54, 1.807) is 13.0 Å². The van der Waals surface area contributed by atoms with Crippen LogP contribution in [0, 0.1) is 6.92 Å². The summed E-state index contributed by atoms with van der Waals surface area (Å²) in [5.41, 5.74) is 0.274. The number of rotatable bonds is 4. The maximum absolute atomic E-state index is 12.8. The minimum absolute atomic E-state index is 0.214. The van der Waals surface area contributed by atoms with Gasteiger partial charge in [-0.25, -0.2) is 24.3 Å². The topological polar surface area (TPSA) is 85.8 Å². The first-order chi connectivity index (χ1) is 13.3. The minimum Gasteiger partial charge on any atom is -0.384 e. The van der Waals surface area contributed by atoms with Crippen molar-refractivity contribution >= 4 is 11.0 Å². The van der Waals surface area contributed by atoms with Gasteiger partial charge in [-0.3, -0.25) is 4.79 Å². The Morgan fingerprint density at radius 3 is 2.86 bits per heavy atom. The van der Waals surface area contributed by atoms with Gasteiger partial charge in [0.1, 0.15) is 16.8 Å². The van der Waals surface area contributed by atoms with Gasteiger partial charge in [-0.15, -0.1) is 0 Å². The number of halogens is 2. The standard InChI is InChI=1S/C19H19F2N5O2/c1-3-19(28)8-6-12-4-5-15(24-16(12)19)26-17-13(10-22-11(2)23-17)18(27)25(26)9-7-14(20)21/h4-5,7,10,28H,3,6,8-9H2,1-2H3/t19-/m1/s1. The summed E-state index contributed by atoms with van der Waals surface area (Å²) in [5, 5.41) is 11.1. The molecule has 3 aromatic heterocycles. The third-order valence-corrected chi connectivity index (χ3v) is 5.23. The van der Waals surface area contributed by atoms with Gasteiger partial charge in [0.25, 0.3) is 11.6 Å². The molecule has 3 heterocycles. The predicted octanol–water partition coefficient (Wildman–Crippen LogP) is 2.61.